The zero-order valence-electron chi connectivity index (χ0n) is 20.0. The lowest BCUT2D eigenvalue weighted by Gasteiger charge is -2.11. The minimum atomic E-state index is -0.463. The molecule has 1 aliphatic carbocycles. The van der Waals surface area contributed by atoms with Crippen molar-refractivity contribution in [3.63, 3.8) is 0 Å². The summed E-state index contributed by atoms with van der Waals surface area (Å²) in [6, 6.07) is 17.5. The molecule has 1 aliphatic rings. The molecule has 3 aromatic carbocycles. The van der Waals surface area contributed by atoms with Crippen molar-refractivity contribution >= 4 is 11.9 Å². The highest BCUT2D eigenvalue weighted by Crippen LogP contribution is 2.41. The molecular formula is C28H29NO6. The summed E-state index contributed by atoms with van der Waals surface area (Å²) < 4.78 is 20.8. The van der Waals surface area contributed by atoms with Crippen LogP contribution in [0.2, 0.25) is 0 Å². The topological polar surface area (TPSA) is 97.1 Å². The van der Waals surface area contributed by atoms with Gasteiger partial charge in [0.05, 0.1) is 33.4 Å². The van der Waals surface area contributed by atoms with Gasteiger partial charge in [-0.3, -0.25) is 9.59 Å². The Kier molecular flexibility index (Phi) is 7.80. The van der Waals surface area contributed by atoms with Crippen LogP contribution in [-0.4, -0.2) is 52.5 Å². The van der Waals surface area contributed by atoms with Crippen LogP contribution in [0.15, 0.2) is 54.6 Å². The third-order valence-corrected chi connectivity index (χ3v) is 6.02. The van der Waals surface area contributed by atoms with E-state index in [4.69, 9.17) is 24.7 Å². The first-order valence-electron chi connectivity index (χ1n) is 11.5. The summed E-state index contributed by atoms with van der Waals surface area (Å²) in [6.07, 6.45) is 0.747. The summed E-state index contributed by atoms with van der Waals surface area (Å²) in [4.78, 5) is 24.6. The van der Waals surface area contributed by atoms with E-state index in [1.807, 2.05) is 48.5 Å². The van der Waals surface area contributed by atoms with Crippen LogP contribution in [0.5, 0.6) is 5.75 Å². The zero-order chi connectivity index (χ0) is 24.8. The second kappa shape index (κ2) is 11.2. The van der Waals surface area contributed by atoms with Crippen LogP contribution in [0.3, 0.4) is 0 Å². The third-order valence-electron chi connectivity index (χ3n) is 6.02. The van der Waals surface area contributed by atoms with Crippen molar-refractivity contribution in [2.45, 2.75) is 12.8 Å². The molecule has 0 fully saturated rings. The number of carbonyl (C=O) groups is 2. The van der Waals surface area contributed by atoms with Crippen LogP contribution < -0.4 is 10.5 Å². The van der Waals surface area contributed by atoms with E-state index in [0.29, 0.717) is 31.8 Å². The van der Waals surface area contributed by atoms with E-state index in [0.717, 1.165) is 44.7 Å². The molecule has 35 heavy (non-hydrogen) atoms. The van der Waals surface area contributed by atoms with Gasteiger partial charge in [-0.25, -0.2) is 0 Å². The van der Waals surface area contributed by atoms with E-state index in [9.17, 15) is 9.59 Å². The molecule has 7 nitrogen and oxygen atoms in total. The maximum Gasteiger partial charge on any atom is 0.310 e. The van der Waals surface area contributed by atoms with E-state index < -0.39 is 5.91 Å². The number of benzene rings is 3. The highest BCUT2D eigenvalue weighted by Gasteiger charge is 2.25. The summed E-state index contributed by atoms with van der Waals surface area (Å²) in [6.45, 7) is 1.50. The van der Waals surface area contributed by atoms with Crippen molar-refractivity contribution in [2.75, 3.05) is 40.6 Å². The van der Waals surface area contributed by atoms with Gasteiger partial charge in [-0.05, 0) is 69.6 Å². The second-order valence-electron chi connectivity index (χ2n) is 8.32. The first kappa shape index (κ1) is 24.4. The third kappa shape index (κ3) is 5.70. The molecule has 0 saturated carbocycles. The molecule has 0 bridgehead atoms. The van der Waals surface area contributed by atoms with Gasteiger partial charge in [0.25, 0.3) is 0 Å². The number of esters is 1. The lowest BCUT2D eigenvalue weighted by atomic mass is 9.94. The molecule has 3 aromatic rings. The molecule has 1 amide bonds. The molecule has 0 radical (unpaired) electrons. The minimum absolute atomic E-state index is 0.166. The number of hydrogen-bond donors (Lipinski definition) is 1. The van der Waals surface area contributed by atoms with Gasteiger partial charge in [0, 0.05) is 12.7 Å². The van der Waals surface area contributed by atoms with E-state index in [1.165, 1.54) is 0 Å². The quantitative estimate of drug-likeness (QED) is 0.262. The van der Waals surface area contributed by atoms with Gasteiger partial charge in [0.2, 0.25) is 5.91 Å². The molecule has 0 aromatic heterocycles. The molecule has 182 valence electrons. The Morgan fingerprint density at radius 1 is 0.886 bits per heavy atom. The highest BCUT2D eigenvalue weighted by atomic mass is 16.6. The van der Waals surface area contributed by atoms with Crippen LogP contribution in [-0.2, 0) is 31.8 Å². The van der Waals surface area contributed by atoms with Crippen LogP contribution in [0.1, 0.15) is 27.0 Å². The Hall–Kier alpha value is -3.68. The predicted octanol–water partition coefficient (Wildman–Crippen LogP) is 3.78. The van der Waals surface area contributed by atoms with Crippen LogP contribution >= 0.6 is 0 Å². The van der Waals surface area contributed by atoms with Gasteiger partial charge in [0.15, 0.2) is 0 Å². The first-order chi connectivity index (χ1) is 17.0. The SMILES string of the molecule is COCCOCCOC(=O)Cc1ccc2c(c1)Cc1c(C(N)=O)cc(-c3cccc(OC)c3)cc1-2. The number of ether oxygens (including phenoxy) is 4. The summed E-state index contributed by atoms with van der Waals surface area (Å²) >= 11 is 0. The molecule has 0 unspecified atom stereocenters. The standard InChI is InChI=1S/C28H29NO6/c1-32-8-9-34-10-11-35-27(30)13-18-6-7-23-21(12-18)17-25-24(23)15-20(16-26(25)28(29)31)19-4-3-5-22(14-19)33-2/h3-7,12,14-16H,8-11,13,17H2,1-2H3,(H2,29,31). The van der Waals surface area contributed by atoms with Gasteiger partial charge in [-0.2, -0.15) is 0 Å². The molecule has 0 spiro atoms. The average Bonchev–Trinajstić information content (AvgIpc) is 3.23. The number of methoxy groups -OCH3 is 2. The number of fused-ring (bicyclic) bond motifs is 3. The Bertz CT molecular complexity index is 1240. The predicted molar refractivity (Wildman–Crippen MR) is 133 cm³/mol. The van der Waals surface area contributed by atoms with Crippen LogP contribution in [0.25, 0.3) is 22.3 Å². The molecule has 0 saturated heterocycles. The molecule has 2 N–H and O–H groups in total. The summed E-state index contributed by atoms with van der Waals surface area (Å²) in [5, 5.41) is 0. The van der Waals surface area contributed by atoms with Crippen molar-refractivity contribution in [2.24, 2.45) is 5.73 Å². The Morgan fingerprint density at radius 3 is 2.49 bits per heavy atom. The monoisotopic (exact) mass is 475 g/mol. The summed E-state index contributed by atoms with van der Waals surface area (Å²) in [7, 11) is 3.23. The molecule has 4 rings (SSSR count). The number of amides is 1. The number of rotatable bonds is 11. The van der Waals surface area contributed by atoms with E-state index in [1.54, 1.807) is 14.2 Å². The fourth-order valence-electron chi connectivity index (χ4n) is 4.32. The summed E-state index contributed by atoms with van der Waals surface area (Å²) in [5.74, 6) is -0.0358. The molecule has 0 aliphatic heterocycles. The number of primary amides is 1. The molecule has 7 heteroatoms. The molecular weight excluding hydrogens is 446 g/mol. The highest BCUT2D eigenvalue weighted by molar-refractivity contribution is 6.00. The Morgan fingerprint density at radius 2 is 1.71 bits per heavy atom. The van der Waals surface area contributed by atoms with Gasteiger partial charge < -0.3 is 24.7 Å². The largest absolute Gasteiger partial charge is 0.497 e. The van der Waals surface area contributed by atoms with E-state index in [-0.39, 0.29) is 19.0 Å². The van der Waals surface area contributed by atoms with Crippen LogP contribution in [0.4, 0.5) is 0 Å². The van der Waals surface area contributed by atoms with Crippen molar-refractivity contribution in [3.8, 4) is 28.0 Å². The second-order valence-corrected chi connectivity index (χ2v) is 8.32. The number of carbonyl (C=O) groups excluding carboxylic acids is 2. The number of hydrogen-bond acceptors (Lipinski definition) is 6. The van der Waals surface area contributed by atoms with Gasteiger partial charge in [-0.1, -0.05) is 30.3 Å². The van der Waals surface area contributed by atoms with Gasteiger partial charge in [-0.15, -0.1) is 0 Å². The van der Waals surface area contributed by atoms with E-state index >= 15 is 0 Å². The van der Waals surface area contributed by atoms with Crippen molar-refractivity contribution in [1.82, 2.24) is 0 Å². The fraction of sp³-hybridized carbons (Fsp3) is 0.286. The van der Waals surface area contributed by atoms with Crippen molar-refractivity contribution in [3.05, 3.63) is 76.9 Å². The molecule has 0 heterocycles. The van der Waals surface area contributed by atoms with Gasteiger partial charge >= 0.3 is 5.97 Å². The average molecular weight is 476 g/mol. The lowest BCUT2D eigenvalue weighted by molar-refractivity contribution is -0.144. The first-order valence-corrected chi connectivity index (χ1v) is 11.5. The van der Waals surface area contributed by atoms with Crippen LogP contribution in [0, 0.1) is 0 Å². The van der Waals surface area contributed by atoms with Crippen molar-refractivity contribution in [1.29, 1.82) is 0 Å². The fourth-order valence-corrected chi connectivity index (χ4v) is 4.32. The van der Waals surface area contributed by atoms with Gasteiger partial charge in [0.1, 0.15) is 12.4 Å². The minimum Gasteiger partial charge on any atom is -0.497 e. The maximum atomic E-state index is 12.3. The van der Waals surface area contributed by atoms with Crippen molar-refractivity contribution < 1.29 is 28.5 Å². The lowest BCUT2D eigenvalue weighted by Crippen LogP contribution is -2.14. The Balaban J connectivity index is 1.53. The smallest absolute Gasteiger partial charge is 0.310 e. The number of nitrogens with two attached hydrogens (primary N) is 1. The summed E-state index contributed by atoms with van der Waals surface area (Å²) in [5.41, 5.74) is 12.9. The zero-order valence-corrected chi connectivity index (χ0v) is 20.0. The maximum absolute atomic E-state index is 12.3. The normalized spacial score (nSPS) is 11.6. The molecule has 0 atom stereocenters. The van der Waals surface area contributed by atoms with E-state index in [2.05, 4.69) is 6.07 Å². The Labute approximate surface area is 204 Å².